The smallest absolute Gasteiger partial charge is 0.133 e. The van der Waals surface area contributed by atoms with Crippen molar-refractivity contribution >= 4 is 26.7 Å². The van der Waals surface area contributed by atoms with Gasteiger partial charge in [0.2, 0.25) is 0 Å². The minimum absolute atomic E-state index is 0.227. The predicted octanol–water partition coefficient (Wildman–Crippen LogP) is 3.75. The third kappa shape index (κ3) is 1.60. The molecule has 0 aliphatic heterocycles. The van der Waals surface area contributed by atoms with E-state index in [1.807, 2.05) is 12.1 Å². The average molecular weight is 255 g/mol. The molecule has 2 aromatic rings. The van der Waals surface area contributed by atoms with E-state index < -0.39 is 0 Å². The van der Waals surface area contributed by atoms with Crippen LogP contribution in [0, 0.1) is 5.82 Å². The lowest BCUT2D eigenvalue weighted by Gasteiger charge is -2.05. The Balaban J connectivity index is 2.73. The summed E-state index contributed by atoms with van der Waals surface area (Å²) in [6.07, 6.45) is 0. The summed E-state index contributed by atoms with van der Waals surface area (Å²) in [6.45, 7) is 0. The molecule has 0 amide bonds. The van der Waals surface area contributed by atoms with Crippen LogP contribution in [0.25, 0.3) is 10.8 Å². The lowest BCUT2D eigenvalue weighted by Crippen LogP contribution is -1.85. The van der Waals surface area contributed by atoms with E-state index >= 15 is 0 Å². The van der Waals surface area contributed by atoms with Crippen LogP contribution in [0.2, 0.25) is 0 Å². The summed E-state index contributed by atoms with van der Waals surface area (Å²) < 4.78 is 18.9. The Morgan fingerprint density at radius 1 is 1.14 bits per heavy atom. The fraction of sp³-hybridized carbons (Fsp3) is 0.0909. The van der Waals surface area contributed by atoms with E-state index in [2.05, 4.69) is 15.9 Å². The molecule has 72 valence electrons. The van der Waals surface area contributed by atoms with Gasteiger partial charge in [0.05, 0.1) is 11.6 Å². The van der Waals surface area contributed by atoms with Crippen molar-refractivity contribution < 1.29 is 9.13 Å². The molecule has 14 heavy (non-hydrogen) atoms. The third-order valence-electron chi connectivity index (χ3n) is 2.07. The number of hydrogen-bond acceptors (Lipinski definition) is 1. The van der Waals surface area contributed by atoms with Gasteiger partial charge in [-0.3, -0.25) is 0 Å². The van der Waals surface area contributed by atoms with Gasteiger partial charge in [0.15, 0.2) is 0 Å². The molecule has 0 fully saturated rings. The Kier molecular flexibility index (Phi) is 2.42. The molecule has 0 saturated carbocycles. The Morgan fingerprint density at radius 2 is 1.93 bits per heavy atom. The molecule has 0 aliphatic carbocycles. The first-order chi connectivity index (χ1) is 6.70. The van der Waals surface area contributed by atoms with Crippen molar-refractivity contribution in [1.82, 2.24) is 0 Å². The summed E-state index contributed by atoms with van der Waals surface area (Å²) in [5, 5.41) is 1.82. The molecular formula is C11H8BrFO. The quantitative estimate of drug-likeness (QED) is 0.754. The Labute approximate surface area is 89.6 Å². The highest BCUT2D eigenvalue weighted by Gasteiger charge is 2.03. The monoisotopic (exact) mass is 254 g/mol. The van der Waals surface area contributed by atoms with Crippen molar-refractivity contribution in [2.45, 2.75) is 0 Å². The van der Waals surface area contributed by atoms with Crippen LogP contribution in [0.15, 0.2) is 34.8 Å². The molecule has 2 aromatic carbocycles. The van der Waals surface area contributed by atoms with E-state index in [0.29, 0.717) is 0 Å². The Hall–Kier alpha value is -1.09. The fourth-order valence-electron chi connectivity index (χ4n) is 1.38. The van der Waals surface area contributed by atoms with Crippen LogP contribution in [-0.2, 0) is 0 Å². The maximum Gasteiger partial charge on any atom is 0.133 e. The highest BCUT2D eigenvalue weighted by molar-refractivity contribution is 9.10. The zero-order valence-corrected chi connectivity index (χ0v) is 9.14. The second-order valence-corrected chi connectivity index (χ2v) is 3.83. The first kappa shape index (κ1) is 9.46. The van der Waals surface area contributed by atoms with Crippen LogP contribution in [0.4, 0.5) is 4.39 Å². The summed E-state index contributed by atoms with van der Waals surface area (Å²) in [6, 6.07) is 8.39. The molecule has 0 N–H and O–H groups in total. The van der Waals surface area contributed by atoms with Gasteiger partial charge in [-0.15, -0.1) is 0 Å². The predicted molar refractivity (Wildman–Crippen MR) is 58.2 cm³/mol. The van der Waals surface area contributed by atoms with Crippen LogP contribution in [0.3, 0.4) is 0 Å². The van der Waals surface area contributed by atoms with Crippen molar-refractivity contribution in [3.63, 3.8) is 0 Å². The number of fused-ring (bicyclic) bond motifs is 1. The summed E-state index contributed by atoms with van der Waals surface area (Å²) >= 11 is 3.35. The van der Waals surface area contributed by atoms with Gasteiger partial charge in [0.1, 0.15) is 11.6 Å². The average Bonchev–Trinajstić information content (AvgIpc) is 2.16. The van der Waals surface area contributed by atoms with Gasteiger partial charge >= 0.3 is 0 Å². The molecule has 1 nitrogen and oxygen atoms in total. The third-order valence-corrected chi connectivity index (χ3v) is 2.69. The van der Waals surface area contributed by atoms with Gasteiger partial charge in [0.25, 0.3) is 0 Å². The molecule has 0 heterocycles. The summed E-state index contributed by atoms with van der Waals surface area (Å²) in [7, 11) is 1.61. The van der Waals surface area contributed by atoms with Gasteiger partial charge in [-0.2, -0.15) is 0 Å². The van der Waals surface area contributed by atoms with E-state index in [1.165, 1.54) is 12.1 Å². The van der Waals surface area contributed by atoms with E-state index in [9.17, 15) is 4.39 Å². The largest absolute Gasteiger partial charge is 0.496 e. The fourth-order valence-corrected chi connectivity index (χ4v) is 1.90. The summed E-state index contributed by atoms with van der Waals surface area (Å²) in [4.78, 5) is 0. The van der Waals surface area contributed by atoms with Crippen molar-refractivity contribution in [2.75, 3.05) is 7.11 Å². The van der Waals surface area contributed by atoms with E-state index in [0.717, 1.165) is 21.0 Å². The lowest BCUT2D eigenvalue weighted by molar-refractivity contribution is 0.413. The van der Waals surface area contributed by atoms with Crippen molar-refractivity contribution in [3.8, 4) is 5.75 Å². The van der Waals surface area contributed by atoms with E-state index in [4.69, 9.17) is 4.74 Å². The SMILES string of the molecule is COc1cc2ccc(F)cc2cc1Br. The summed E-state index contributed by atoms with van der Waals surface area (Å²) in [5.74, 6) is 0.527. The van der Waals surface area contributed by atoms with Gasteiger partial charge in [-0.25, -0.2) is 4.39 Å². The normalized spacial score (nSPS) is 10.5. The maximum absolute atomic E-state index is 12.9. The standard InChI is InChI=1S/C11H8BrFO/c1-14-11-6-7-2-3-9(13)4-8(7)5-10(11)12/h2-6H,1H3. The van der Waals surface area contributed by atoms with Crippen LogP contribution >= 0.6 is 15.9 Å². The molecule has 0 aliphatic rings. The number of benzene rings is 2. The molecule has 0 spiro atoms. The van der Waals surface area contributed by atoms with Crippen LogP contribution in [0.5, 0.6) is 5.75 Å². The van der Waals surface area contributed by atoms with Crippen LogP contribution in [0.1, 0.15) is 0 Å². The molecule has 0 saturated heterocycles. The number of ether oxygens (including phenoxy) is 1. The van der Waals surface area contributed by atoms with E-state index in [-0.39, 0.29) is 5.82 Å². The molecular weight excluding hydrogens is 247 g/mol. The Morgan fingerprint density at radius 3 is 2.64 bits per heavy atom. The van der Waals surface area contributed by atoms with Gasteiger partial charge in [-0.1, -0.05) is 6.07 Å². The van der Waals surface area contributed by atoms with Crippen molar-refractivity contribution in [3.05, 3.63) is 40.6 Å². The Bertz CT molecular complexity index is 482. The highest BCUT2D eigenvalue weighted by Crippen LogP contribution is 2.30. The molecule has 2 rings (SSSR count). The minimum atomic E-state index is -0.227. The maximum atomic E-state index is 12.9. The van der Waals surface area contributed by atoms with Crippen molar-refractivity contribution in [1.29, 1.82) is 0 Å². The summed E-state index contributed by atoms with van der Waals surface area (Å²) in [5.41, 5.74) is 0. The first-order valence-corrected chi connectivity index (χ1v) is 4.93. The number of rotatable bonds is 1. The van der Waals surface area contributed by atoms with Gasteiger partial charge < -0.3 is 4.74 Å². The van der Waals surface area contributed by atoms with Crippen LogP contribution < -0.4 is 4.74 Å². The second kappa shape index (κ2) is 3.58. The zero-order chi connectivity index (χ0) is 10.1. The van der Waals surface area contributed by atoms with Crippen molar-refractivity contribution in [2.24, 2.45) is 0 Å². The molecule has 0 atom stereocenters. The number of hydrogen-bond donors (Lipinski definition) is 0. The topological polar surface area (TPSA) is 9.23 Å². The molecule has 0 radical (unpaired) electrons. The molecule has 0 unspecified atom stereocenters. The minimum Gasteiger partial charge on any atom is -0.496 e. The second-order valence-electron chi connectivity index (χ2n) is 2.98. The van der Waals surface area contributed by atoms with E-state index in [1.54, 1.807) is 13.2 Å². The number of methoxy groups -OCH3 is 1. The lowest BCUT2D eigenvalue weighted by atomic mass is 10.1. The molecule has 0 aromatic heterocycles. The van der Waals surface area contributed by atoms with Gasteiger partial charge in [-0.05, 0) is 51.0 Å². The molecule has 3 heteroatoms. The van der Waals surface area contributed by atoms with Gasteiger partial charge in [0, 0.05) is 0 Å². The molecule has 0 bridgehead atoms. The zero-order valence-electron chi connectivity index (χ0n) is 7.55. The highest BCUT2D eigenvalue weighted by atomic mass is 79.9. The van der Waals surface area contributed by atoms with Crippen LogP contribution in [-0.4, -0.2) is 7.11 Å². The number of halogens is 2. The first-order valence-electron chi connectivity index (χ1n) is 4.13.